The molecule has 182 valence electrons. The second-order valence-corrected chi connectivity index (χ2v) is 12.8. The minimum Gasteiger partial charge on any atom is -0.307 e. The van der Waals surface area contributed by atoms with Gasteiger partial charge in [-0.25, -0.2) is 4.57 Å². The van der Waals surface area contributed by atoms with Crippen LogP contribution in [0.15, 0.2) is 54.7 Å². The van der Waals surface area contributed by atoms with Crippen LogP contribution >= 0.6 is 0 Å². The summed E-state index contributed by atoms with van der Waals surface area (Å²) in [4.78, 5) is 0. The van der Waals surface area contributed by atoms with Crippen LogP contribution in [0.5, 0.6) is 0 Å². The number of fused-ring (bicyclic) bond motifs is 5. The zero-order valence-corrected chi connectivity index (χ0v) is 22.4. The summed E-state index contributed by atoms with van der Waals surface area (Å²) >= 11 is 0. The summed E-state index contributed by atoms with van der Waals surface area (Å²) in [5.41, 5.74) is 10.0. The molecule has 1 aliphatic rings. The number of aryl methyl sites for hydroxylation is 2. The van der Waals surface area contributed by atoms with E-state index in [1.807, 2.05) is 0 Å². The molecule has 1 saturated carbocycles. The Morgan fingerprint density at radius 2 is 1.67 bits per heavy atom. The van der Waals surface area contributed by atoms with Crippen molar-refractivity contribution in [2.24, 2.45) is 18.4 Å². The van der Waals surface area contributed by atoms with Crippen molar-refractivity contribution in [1.82, 2.24) is 4.40 Å². The van der Waals surface area contributed by atoms with Crippen LogP contribution in [0.4, 0.5) is 0 Å². The average Bonchev–Trinajstić information content (AvgIpc) is 3.44. The lowest BCUT2D eigenvalue weighted by Gasteiger charge is -2.18. The summed E-state index contributed by atoms with van der Waals surface area (Å²) in [6.45, 7) is 9.28. The van der Waals surface area contributed by atoms with Gasteiger partial charge in [-0.05, 0) is 71.4 Å². The van der Waals surface area contributed by atoms with Crippen molar-refractivity contribution >= 4 is 49.0 Å². The molecule has 0 radical (unpaired) electrons. The molecule has 0 aliphatic heterocycles. The van der Waals surface area contributed by atoms with Crippen molar-refractivity contribution in [3.63, 3.8) is 0 Å². The van der Waals surface area contributed by atoms with E-state index in [2.05, 4.69) is 98.4 Å². The Kier molecular flexibility index (Phi) is 4.72. The van der Waals surface area contributed by atoms with Gasteiger partial charge < -0.3 is 4.40 Å². The molecule has 0 bridgehead atoms. The average molecular weight is 474 g/mol. The van der Waals surface area contributed by atoms with E-state index >= 15 is 0 Å². The van der Waals surface area contributed by atoms with Gasteiger partial charge in [0.05, 0.1) is 27.3 Å². The zero-order valence-electron chi connectivity index (χ0n) is 22.4. The SMILES string of the molecule is Cc1ccc2c3cc(CC(C)(C)C)ccc3n3c4cc(CC5CCCC5)cc5cc[n+](C)c(c1c23)c54. The largest absolute Gasteiger partial charge is 0.307 e. The quantitative estimate of drug-likeness (QED) is 0.138. The summed E-state index contributed by atoms with van der Waals surface area (Å²) in [5, 5.41) is 6.93. The highest BCUT2D eigenvalue weighted by atomic mass is 15.0. The molecule has 2 heteroatoms. The molecule has 2 nitrogen and oxygen atoms in total. The van der Waals surface area contributed by atoms with Gasteiger partial charge in [0.1, 0.15) is 7.05 Å². The van der Waals surface area contributed by atoms with Crippen LogP contribution in [0.3, 0.4) is 0 Å². The van der Waals surface area contributed by atoms with Crippen LogP contribution in [-0.4, -0.2) is 4.40 Å². The fourth-order valence-corrected chi connectivity index (χ4v) is 7.21. The molecular formula is C34H37N2+. The molecular weight excluding hydrogens is 436 g/mol. The lowest BCUT2D eigenvalue weighted by atomic mass is 9.88. The summed E-state index contributed by atoms with van der Waals surface area (Å²) in [6, 6.07) is 19.2. The van der Waals surface area contributed by atoms with Crippen LogP contribution in [0, 0.1) is 18.3 Å². The van der Waals surface area contributed by atoms with Gasteiger partial charge in [0.2, 0.25) is 5.52 Å². The monoisotopic (exact) mass is 473 g/mol. The topological polar surface area (TPSA) is 8.29 Å². The smallest absolute Gasteiger partial charge is 0.224 e. The Hall–Kier alpha value is -3.13. The van der Waals surface area contributed by atoms with E-state index in [0.29, 0.717) is 0 Å². The maximum Gasteiger partial charge on any atom is 0.224 e. The van der Waals surface area contributed by atoms with Crippen molar-refractivity contribution in [1.29, 1.82) is 0 Å². The molecule has 3 aromatic heterocycles. The van der Waals surface area contributed by atoms with E-state index in [9.17, 15) is 0 Å². The van der Waals surface area contributed by atoms with Crippen LogP contribution in [0.25, 0.3) is 49.0 Å². The van der Waals surface area contributed by atoms with Crippen LogP contribution in [0.1, 0.15) is 63.1 Å². The Morgan fingerprint density at radius 3 is 2.44 bits per heavy atom. The Bertz CT molecular complexity index is 1790. The second kappa shape index (κ2) is 7.68. The second-order valence-electron chi connectivity index (χ2n) is 12.8. The van der Waals surface area contributed by atoms with Gasteiger partial charge in [0, 0.05) is 16.8 Å². The van der Waals surface area contributed by atoms with Crippen molar-refractivity contribution in [3.8, 4) is 0 Å². The van der Waals surface area contributed by atoms with E-state index in [-0.39, 0.29) is 5.41 Å². The molecule has 3 heterocycles. The van der Waals surface area contributed by atoms with Crippen LogP contribution in [-0.2, 0) is 19.9 Å². The highest BCUT2D eigenvalue weighted by molar-refractivity contribution is 6.25. The first-order chi connectivity index (χ1) is 17.3. The van der Waals surface area contributed by atoms with E-state index in [1.165, 1.54) is 97.8 Å². The third kappa shape index (κ3) is 3.26. The Balaban J connectivity index is 1.64. The van der Waals surface area contributed by atoms with Gasteiger partial charge in [-0.15, -0.1) is 0 Å². The molecule has 0 unspecified atom stereocenters. The first-order valence-electron chi connectivity index (χ1n) is 13.8. The number of pyridine rings is 2. The number of hydrogen-bond donors (Lipinski definition) is 0. The van der Waals surface area contributed by atoms with Gasteiger partial charge in [-0.2, -0.15) is 0 Å². The maximum atomic E-state index is 2.60. The number of nitrogens with zero attached hydrogens (tertiary/aromatic N) is 2. The highest BCUT2D eigenvalue weighted by Crippen LogP contribution is 2.42. The van der Waals surface area contributed by atoms with Gasteiger partial charge in [-0.3, -0.25) is 0 Å². The molecule has 0 spiro atoms. The van der Waals surface area contributed by atoms with E-state index in [0.717, 1.165) is 12.3 Å². The molecule has 6 aromatic rings. The van der Waals surface area contributed by atoms with Gasteiger partial charge in [0.15, 0.2) is 6.20 Å². The molecule has 36 heavy (non-hydrogen) atoms. The van der Waals surface area contributed by atoms with Gasteiger partial charge in [0.25, 0.3) is 0 Å². The van der Waals surface area contributed by atoms with Crippen molar-refractivity contribution in [2.45, 2.75) is 66.2 Å². The third-order valence-electron chi connectivity index (χ3n) is 8.69. The van der Waals surface area contributed by atoms with Crippen molar-refractivity contribution < 1.29 is 4.57 Å². The van der Waals surface area contributed by atoms with E-state index in [1.54, 1.807) is 0 Å². The van der Waals surface area contributed by atoms with Crippen molar-refractivity contribution in [2.75, 3.05) is 0 Å². The minimum atomic E-state index is 0.270. The lowest BCUT2D eigenvalue weighted by molar-refractivity contribution is -0.643. The standard InChI is InChI=1S/C34H37N2/c1-21-10-12-26-27-18-23(20-34(2,3)4)11-13-28(27)36-29-19-24(16-22-8-6-7-9-22)17-25-14-15-35(5)33(31(25)29)30(21)32(26)36/h10-15,17-19,22H,6-9,16,20H2,1-5H3/q+1. The maximum absolute atomic E-state index is 2.60. The molecule has 7 rings (SSSR count). The third-order valence-corrected chi connectivity index (χ3v) is 8.69. The fraction of sp³-hybridized carbons (Fsp3) is 0.382. The molecule has 0 saturated heterocycles. The van der Waals surface area contributed by atoms with Crippen LogP contribution in [0.2, 0.25) is 0 Å². The fourth-order valence-electron chi connectivity index (χ4n) is 7.21. The summed E-state index contributed by atoms with van der Waals surface area (Å²) in [5.74, 6) is 0.841. The van der Waals surface area contributed by atoms with E-state index in [4.69, 9.17) is 0 Å². The minimum absolute atomic E-state index is 0.270. The molecule has 3 aromatic carbocycles. The zero-order chi connectivity index (χ0) is 24.8. The number of hydrogen-bond acceptors (Lipinski definition) is 0. The Morgan fingerprint density at radius 1 is 0.861 bits per heavy atom. The van der Waals surface area contributed by atoms with E-state index < -0.39 is 0 Å². The molecule has 0 N–H and O–H groups in total. The normalized spacial score (nSPS) is 15.6. The summed E-state index contributed by atoms with van der Waals surface area (Å²) in [7, 11) is 2.21. The first-order valence-corrected chi connectivity index (χ1v) is 13.8. The van der Waals surface area contributed by atoms with Gasteiger partial charge >= 0.3 is 0 Å². The first kappa shape index (κ1) is 22.1. The highest BCUT2D eigenvalue weighted by Gasteiger charge is 2.25. The molecule has 1 aliphatic carbocycles. The lowest BCUT2D eigenvalue weighted by Crippen LogP contribution is -2.29. The van der Waals surface area contributed by atoms with Crippen LogP contribution < -0.4 is 4.57 Å². The summed E-state index contributed by atoms with van der Waals surface area (Å²) in [6.07, 6.45) is 10.1. The molecule has 0 atom stereocenters. The van der Waals surface area contributed by atoms with Crippen molar-refractivity contribution in [3.05, 3.63) is 71.4 Å². The van der Waals surface area contributed by atoms with Gasteiger partial charge in [-0.1, -0.05) is 70.7 Å². The molecule has 0 amide bonds. The Labute approximate surface area is 213 Å². The summed E-state index contributed by atoms with van der Waals surface area (Å²) < 4.78 is 4.94. The number of rotatable bonds is 3. The number of benzene rings is 3. The predicted octanol–water partition coefficient (Wildman–Crippen LogP) is 8.44. The number of aromatic nitrogens is 2. The predicted molar refractivity (Wildman–Crippen MR) is 153 cm³/mol. The molecule has 1 fully saturated rings.